The minimum absolute atomic E-state index is 0.205. The molecule has 15 heavy (non-hydrogen) atoms. The number of rotatable bonds is 1. The highest BCUT2D eigenvalue weighted by Crippen LogP contribution is 2.28. The fourth-order valence-corrected chi connectivity index (χ4v) is 2.24. The molecule has 0 aromatic carbocycles. The van der Waals surface area contributed by atoms with Crippen LogP contribution in [0, 0.1) is 11.8 Å². The SMILES string of the molecule is C/C=C\C1CC(C)C(C)N(C(=O)OC)C1. The second-order valence-corrected chi connectivity index (χ2v) is 4.36. The van der Waals surface area contributed by atoms with Gasteiger partial charge >= 0.3 is 6.09 Å². The average Bonchev–Trinajstić information content (AvgIpc) is 2.22. The summed E-state index contributed by atoms with van der Waals surface area (Å²) in [6, 6.07) is 0.277. The van der Waals surface area contributed by atoms with Crippen LogP contribution in [0.3, 0.4) is 0 Å². The van der Waals surface area contributed by atoms with E-state index in [2.05, 4.69) is 26.0 Å². The first kappa shape index (κ1) is 12.1. The van der Waals surface area contributed by atoms with Crippen molar-refractivity contribution in [2.24, 2.45) is 11.8 Å². The number of carbonyl (C=O) groups is 1. The van der Waals surface area contributed by atoms with Crippen molar-refractivity contribution < 1.29 is 9.53 Å². The summed E-state index contributed by atoms with van der Waals surface area (Å²) >= 11 is 0. The minimum Gasteiger partial charge on any atom is -0.453 e. The molecule has 86 valence electrons. The Morgan fingerprint density at radius 2 is 2.13 bits per heavy atom. The predicted octanol–water partition coefficient (Wildman–Crippen LogP) is 2.68. The molecule has 3 nitrogen and oxygen atoms in total. The van der Waals surface area contributed by atoms with Gasteiger partial charge in [-0.2, -0.15) is 0 Å². The van der Waals surface area contributed by atoms with Crippen molar-refractivity contribution in [1.29, 1.82) is 0 Å². The summed E-state index contributed by atoms with van der Waals surface area (Å²) in [6.07, 6.45) is 5.18. The molecule has 3 atom stereocenters. The van der Waals surface area contributed by atoms with Crippen molar-refractivity contribution in [3.05, 3.63) is 12.2 Å². The lowest BCUT2D eigenvalue weighted by Gasteiger charge is -2.40. The first-order valence-corrected chi connectivity index (χ1v) is 5.57. The Labute approximate surface area is 92.1 Å². The van der Waals surface area contributed by atoms with E-state index in [9.17, 15) is 4.79 Å². The molecule has 1 heterocycles. The van der Waals surface area contributed by atoms with Gasteiger partial charge in [-0.3, -0.25) is 0 Å². The number of ether oxygens (including phenoxy) is 1. The smallest absolute Gasteiger partial charge is 0.409 e. The zero-order valence-corrected chi connectivity index (χ0v) is 10.1. The molecule has 1 aliphatic heterocycles. The molecule has 1 amide bonds. The first-order valence-electron chi connectivity index (χ1n) is 5.57. The molecule has 0 radical (unpaired) electrons. The van der Waals surface area contributed by atoms with Crippen LogP contribution in [-0.2, 0) is 4.74 Å². The summed E-state index contributed by atoms with van der Waals surface area (Å²) in [4.78, 5) is 13.4. The number of hydrogen-bond donors (Lipinski definition) is 0. The summed E-state index contributed by atoms with van der Waals surface area (Å²) in [6.45, 7) is 7.08. The van der Waals surface area contributed by atoms with Crippen LogP contribution in [0.1, 0.15) is 27.2 Å². The van der Waals surface area contributed by atoms with E-state index in [1.54, 1.807) is 0 Å². The highest BCUT2D eigenvalue weighted by atomic mass is 16.5. The van der Waals surface area contributed by atoms with Crippen molar-refractivity contribution in [3.8, 4) is 0 Å². The molecule has 1 saturated heterocycles. The van der Waals surface area contributed by atoms with E-state index >= 15 is 0 Å². The van der Waals surface area contributed by atoms with Gasteiger partial charge in [-0.1, -0.05) is 19.1 Å². The number of carbonyl (C=O) groups excluding carboxylic acids is 1. The van der Waals surface area contributed by atoms with Gasteiger partial charge < -0.3 is 9.64 Å². The lowest BCUT2D eigenvalue weighted by atomic mass is 9.85. The Hall–Kier alpha value is -0.990. The van der Waals surface area contributed by atoms with E-state index in [1.165, 1.54) is 7.11 Å². The zero-order chi connectivity index (χ0) is 11.4. The summed E-state index contributed by atoms with van der Waals surface area (Å²) < 4.78 is 4.80. The zero-order valence-electron chi connectivity index (χ0n) is 10.1. The third kappa shape index (κ3) is 2.74. The highest BCUT2D eigenvalue weighted by Gasteiger charge is 2.33. The molecule has 0 saturated carbocycles. The Morgan fingerprint density at radius 1 is 1.47 bits per heavy atom. The van der Waals surface area contributed by atoms with Crippen molar-refractivity contribution >= 4 is 6.09 Å². The molecule has 0 aliphatic carbocycles. The lowest BCUT2D eigenvalue weighted by molar-refractivity contribution is 0.0636. The minimum atomic E-state index is -0.205. The normalized spacial score (nSPS) is 32.0. The van der Waals surface area contributed by atoms with Crippen molar-refractivity contribution in [2.45, 2.75) is 33.2 Å². The molecule has 1 fully saturated rings. The number of likely N-dealkylation sites (tertiary alicyclic amines) is 1. The topological polar surface area (TPSA) is 29.5 Å². The van der Waals surface area contributed by atoms with Gasteiger partial charge in [-0.25, -0.2) is 4.79 Å². The maximum atomic E-state index is 11.6. The van der Waals surface area contributed by atoms with Crippen molar-refractivity contribution in [3.63, 3.8) is 0 Å². The van der Waals surface area contributed by atoms with E-state index < -0.39 is 0 Å². The number of piperidine rings is 1. The lowest BCUT2D eigenvalue weighted by Crippen LogP contribution is -2.49. The molecule has 3 unspecified atom stereocenters. The van der Waals surface area contributed by atoms with Gasteiger partial charge in [0, 0.05) is 12.6 Å². The number of nitrogens with zero attached hydrogens (tertiary/aromatic N) is 1. The van der Waals surface area contributed by atoms with Crippen LogP contribution in [-0.4, -0.2) is 30.7 Å². The van der Waals surface area contributed by atoms with Crippen LogP contribution in [0.4, 0.5) is 4.79 Å². The number of allylic oxidation sites excluding steroid dienone is 1. The summed E-state index contributed by atoms with van der Waals surface area (Å²) in [5.74, 6) is 0.999. The summed E-state index contributed by atoms with van der Waals surface area (Å²) in [5.41, 5.74) is 0. The fraction of sp³-hybridized carbons (Fsp3) is 0.750. The second-order valence-electron chi connectivity index (χ2n) is 4.36. The number of methoxy groups -OCH3 is 1. The molecule has 0 spiro atoms. The molecule has 0 aromatic rings. The van der Waals surface area contributed by atoms with E-state index in [-0.39, 0.29) is 12.1 Å². The van der Waals surface area contributed by atoms with Gasteiger partial charge in [-0.05, 0) is 32.1 Å². The van der Waals surface area contributed by atoms with Crippen LogP contribution in [0.15, 0.2) is 12.2 Å². The van der Waals surface area contributed by atoms with Gasteiger partial charge in [0.25, 0.3) is 0 Å². The summed E-state index contributed by atoms with van der Waals surface area (Å²) in [5, 5.41) is 0. The molecule has 0 aromatic heterocycles. The third-order valence-electron chi connectivity index (χ3n) is 3.29. The maximum Gasteiger partial charge on any atom is 0.409 e. The summed E-state index contributed by atoms with van der Waals surface area (Å²) in [7, 11) is 1.44. The Morgan fingerprint density at radius 3 is 2.67 bits per heavy atom. The fourth-order valence-electron chi connectivity index (χ4n) is 2.24. The standard InChI is InChI=1S/C12H21NO2/c1-5-6-11-7-9(2)10(3)13(8-11)12(14)15-4/h5-6,9-11H,7-8H2,1-4H3/b6-5-. The number of hydrogen-bond acceptors (Lipinski definition) is 2. The van der Waals surface area contributed by atoms with Crippen LogP contribution in [0.25, 0.3) is 0 Å². The molecular weight excluding hydrogens is 190 g/mol. The predicted molar refractivity (Wildman–Crippen MR) is 60.7 cm³/mol. The molecule has 0 bridgehead atoms. The Bertz CT molecular complexity index is 250. The molecular formula is C12H21NO2. The molecule has 1 aliphatic rings. The van der Waals surface area contributed by atoms with Gasteiger partial charge in [0.05, 0.1) is 7.11 Å². The van der Waals surface area contributed by atoms with Gasteiger partial charge in [0.15, 0.2) is 0 Å². The van der Waals surface area contributed by atoms with E-state index in [1.807, 2.05) is 11.8 Å². The quantitative estimate of drug-likeness (QED) is 0.624. The second kappa shape index (κ2) is 5.19. The van der Waals surface area contributed by atoms with Crippen LogP contribution in [0.2, 0.25) is 0 Å². The van der Waals surface area contributed by atoms with Crippen molar-refractivity contribution in [1.82, 2.24) is 4.90 Å². The van der Waals surface area contributed by atoms with E-state index in [4.69, 9.17) is 4.74 Å². The molecule has 3 heteroatoms. The van der Waals surface area contributed by atoms with E-state index in [0.29, 0.717) is 11.8 Å². The monoisotopic (exact) mass is 211 g/mol. The van der Waals surface area contributed by atoms with Gasteiger partial charge in [0.1, 0.15) is 0 Å². The first-order chi connectivity index (χ1) is 7.10. The van der Waals surface area contributed by atoms with E-state index in [0.717, 1.165) is 13.0 Å². The van der Waals surface area contributed by atoms with Crippen LogP contribution < -0.4 is 0 Å². The largest absolute Gasteiger partial charge is 0.453 e. The average molecular weight is 211 g/mol. The van der Waals surface area contributed by atoms with Crippen molar-refractivity contribution in [2.75, 3.05) is 13.7 Å². The van der Waals surface area contributed by atoms with Gasteiger partial charge in [-0.15, -0.1) is 0 Å². The molecule has 0 N–H and O–H groups in total. The Balaban J connectivity index is 2.72. The third-order valence-corrected chi connectivity index (χ3v) is 3.29. The Kier molecular flexibility index (Phi) is 4.18. The maximum absolute atomic E-state index is 11.6. The van der Waals surface area contributed by atoms with Crippen LogP contribution in [0.5, 0.6) is 0 Å². The highest BCUT2D eigenvalue weighted by molar-refractivity contribution is 5.68. The van der Waals surface area contributed by atoms with Gasteiger partial charge in [0.2, 0.25) is 0 Å². The number of amides is 1. The molecule has 1 rings (SSSR count). The van der Waals surface area contributed by atoms with Crippen LogP contribution >= 0.6 is 0 Å².